The molecule has 0 aliphatic carbocycles. The summed E-state index contributed by atoms with van der Waals surface area (Å²) in [5.74, 6) is -1.14. The fourth-order valence-electron chi connectivity index (χ4n) is 2.20. The maximum absolute atomic E-state index is 11.7. The molecule has 0 heterocycles. The van der Waals surface area contributed by atoms with Crippen molar-refractivity contribution in [2.75, 3.05) is 0 Å². The number of nitrogens with zero attached hydrogens (tertiary/aromatic N) is 4. The topological polar surface area (TPSA) is 169 Å². The van der Waals surface area contributed by atoms with Crippen molar-refractivity contribution in [3.05, 3.63) is 77.8 Å². The average Bonchev–Trinajstić information content (AvgIpc) is 2.74. The monoisotopic (exact) mass is 480 g/mol. The summed E-state index contributed by atoms with van der Waals surface area (Å²) in [6.07, 6.45) is 1.98. The lowest BCUT2D eigenvalue weighted by atomic mass is 10.2. The minimum atomic E-state index is -0.645. The highest BCUT2D eigenvalue weighted by Gasteiger charge is 2.13. The Morgan fingerprint density at radius 3 is 1.53 bits per heavy atom. The first-order chi connectivity index (χ1) is 15.2. The third kappa shape index (κ3) is 7.41. The number of carbonyl (C=O) groups is 2. The number of hydrazone groups is 2. The number of halogens is 2. The normalized spacial score (nSPS) is 10.9. The van der Waals surface area contributed by atoms with Crippen molar-refractivity contribution in [2.45, 2.75) is 12.8 Å². The van der Waals surface area contributed by atoms with Gasteiger partial charge in [0.05, 0.1) is 22.3 Å². The smallest absolute Gasteiger partial charge is 0.273 e. The number of nitro groups is 2. The van der Waals surface area contributed by atoms with Crippen LogP contribution < -0.4 is 10.9 Å². The molecule has 2 N–H and O–H groups in total. The molecule has 2 rings (SSSR count). The van der Waals surface area contributed by atoms with Gasteiger partial charge in [0.2, 0.25) is 11.8 Å². The van der Waals surface area contributed by atoms with Crippen LogP contribution in [0.5, 0.6) is 0 Å². The van der Waals surface area contributed by atoms with Crippen LogP contribution in [0.1, 0.15) is 24.0 Å². The number of nitrogens with one attached hydrogen (secondary N) is 2. The quantitative estimate of drug-likeness (QED) is 0.317. The van der Waals surface area contributed by atoms with Gasteiger partial charge in [-0.25, -0.2) is 10.9 Å². The summed E-state index contributed by atoms with van der Waals surface area (Å²) in [7, 11) is 0. The number of benzene rings is 2. The van der Waals surface area contributed by atoms with Crippen LogP contribution in [0.25, 0.3) is 0 Å². The molecule has 0 bridgehead atoms. The Hall–Kier alpha value is -3.90. The van der Waals surface area contributed by atoms with Gasteiger partial charge in [-0.3, -0.25) is 29.8 Å². The Kier molecular flexibility index (Phi) is 8.74. The molecule has 0 unspecified atom stereocenters. The van der Waals surface area contributed by atoms with Crippen molar-refractivity contribution < 1.29 is 19.4 Å². The Balaban J connectivity index is 1.79. The summed E-state index contributed by atoms with van der Waals surface area (Å²) in [5, 5.41) is 29.0. The molecular weight excluding hydrogens is 467 g/mol. The van der Waals surface area contributed by atoms with E-state index in [1.54, 1.807) is 0 Å². The second kappa shape index (κ2) is 11.5. The minimum Gasteiger partial charge on any atom is -0.273 e. The Bertz CT molecular complexity index is 1030. The molecule has 0 radical (unpaired) electrons. The van der Waals surface area contributed by atoms with E-state index < -0.39 is 21.7 Å². The van der Waals surface area contributed by atoms with Gasteiger partial charge in [0.1, 0.15) is 10.0 Å². The second-order valence-corrected chi connectivity index (χ2v) is 6.84. The first kappa shape index (κ1) is 24.4. The zero-order valence-electron chi connectivity index (χ0n) is 16.0. The fraction of sp³-hybridized carbons (Fsp3) is 0.111. The maximum Gasteiger partial charge on any atom is 0.288 e. The molecule has 2 aromatic rings. The summed E-state index contributed by atoms with van der Waals surface area (Å²) in [6, 6.07) is 8.00. The third-order valence-electron chi connectivity index (χ3n) is 3.72. The van der Waals surface area contributed by atoms with Crippen LogP contribution in [0.15, 0.2) is 46.6 Å². The van der Waals surface area contributed by atoms with E-state index in [1.165, 1.54) is 48.8 Å². The van der Waals surface area contributed by atoms with Crippen molar-refractivity contribution in [1.82, 2.24) is 10.9 Å². The predicted molar refractivity (Wildman–Crippen MR) is 117 cm³/mol. The molecule has 2 amide bonds. The molecule has 0 aromatic heterocycles. The molecule has 0 saturated heterocycles. The molecule has 0 saturated carbocycles. The van der Waals surface area contributed by atoms with Gasteiger partial charge in [0.15, 0.2) is 0 Å². The summed E-state index contributed by atoms with van der Waals surface area (Å²) in [6.45, 7) is 0. The zero-order valence-corrected chi connectivity index (χ0v) is 17.5. The van der Waals surface area contributed by atoms with Crippen LogP contribution in [0, 0.1) is 20.2 Å². The maximum atomic E-state index is 11.7. The van der Waals surface area contributed by atoms with E-state index >= 15 is 0 Å². The third-order valence-corrected chi connectivity index (χ3v) is 4.36. The summed E-state index contributed by atoms with van der Waals surface area (Å²) >= 11 is 11.4. The number of nitro benzene ring substituents is 2. The highest BCUT2D eigenvalue weighted by molar-refractivity contribution is 6.33. The van der Waals surface area contributed by atoms with Crippen LogP contribution in [-0.4, -0.2) is 34.1 Å². The number of amides is 2. The molecule has 0 fully saturated rings. The number of rotatable bonds is 9. The van der Waals surface area contributed by atoms with E-state index in [2.05, 4.69) is 21.1 Å². The first-order valence-electron chi connectivity index (χ1n) is 8.69. The summed E-state index contributed by atoms with van der Waals surface area (Å²) < 4.78 is 0. The number of hydrogen-bond donors (Lipinski definition) is 2. The molecule has 0 aliphatic heterocycles. The molecule has 14 heteroatoms. The molecule has 12 nitrogen and oxygen atoms in total. The summed E-state index contributed by atoms with van der Waals surface area (Å²) in [5.41, 5.74) is 4.46. The average molecular weight is 481 g/mol. The van der Waals surface area contributed by atoms with E-state index in [1.807, 2.05) is 0 Å². The highest BCUT2D eigenvalue weighted by atomic mass is 35.5. The van der Waals surface area contributed by atoms with Crippen molar-refractivity contribution >= 4 is 58.8 Å². The summed E-state index contributed by atoms with van der Waals surface area (Å²) in [4.78, 5) is 43.9. The van der Waals surface area contributed by atoms with Gasteiger partial charge in [0, 0.05) is 36.1 Å². The lowest BCUT2D eigenvalue weighted by Gasteiger charge is -2.01. The Labute approximate surface area is 190 Å². The molecule has 2 aromatic carbocycles. The Morgan fingerprint density at radius 2 is 1.19 bits per heavy atom. The van der Waals surface area contributed by atoms with Gasteiger partial charge in [-0.2, -0.15) is 10.2 Å². The van der Waals surface area contributed by atoms with E-state index in [0.717, 1.165) is 0 Å². The lowest BCUT2D eigenvalue weighted by molar-refractivity contribution is -0.384. The minimum absolute atomic E-state index is 0.0286. The van der Waals surface area contributed by atoms with Crippen molar-refractivity contribution in [3.8, 4) is 0 Å². The van der Waals surface area contributed by atoms with Crippen LogP contribution >= 0.6 is 23.2 Å². The molecule has 0 atom stereocenters. The van der Waals surface area contributed by atoms with E-state index in [4.69, 9.17) is 23.2 Å². The first-order valence-corrected chi connectivity index (χ1v) is 9.44. The largest absolute Gasteiger partial charge is 0.288 e. The number of hydrogen-bond acceptors (Lipinski definition) is 8. The van der Waals surface area contributed by atoms with Crippen LogP contribution in [-0.2, 0) is 9.59 Å². The van der Waals surface area contributed by atoms with Gasteiger partial charge in [0.25, 0.3) is 11.4 Å². The van der Waals surface area contributed by atoms with E-state index in [9.17, 15) is 29.8 Å². The Morgan fingerprint density at radius 1 is 0.812 bits per heavy atom. The SMILES string of the molecule is O=C(CCC(=O)NN=Cc1ccc(Cl)c([N+](=O)[O-])c1)NN=Cc1ccc(Cl)c([N+](=O)[O-])c1. The van der Waals surface area contributed by atoms with Crippen LogP contribution in [0.3, 0.4) is 0 Å². The molecule has 32 heavy (non-hydrogen) atoms. The van der Waals surface area contributed by atoms with Gasteiger partial charge in [-0.05, 0) is 12.1 Å². The van der Waals surface area contributed by atoms with E-state index in [-0.39, 0.29) is 34.3 Å². The van der Waals surface area contributed by atoms with Gasteiger partial charge >= 0.3 is 0 Å². The second-order valence-electron chi connectivity index (χ2n) is 6.02. The lowest BCUT2D eigenvalue weighted by Crippen LogP contribution is -2.22. The van der Waals surface area contributed by atoms with E-state index in [0.29, 0.717) is 11.1 Å². The van der Waals surface area contributed by atoms with Gasteiger partial charge in [-0.1, -0.05) is 35.3 Å². The molecule has 166 valence electrons. The van der Waals surface area contributed by atoms with Crippen molar-refractivity contribution in [2.24, 2.45) is 10.2 Å². The van der Waals surface area contributed by atoms with Gasteiger partial charge in [-0.15, -0.1) is 0 Å². The molecular formula is C18H14Cl2N6O6. The van der Waals surface area contributed by atoms with Crippen molar-refractivity contribution in [3.63, 3.8) is 0 Å². The van der Waals surface area contributed by atoms with Gasteiger partial charge < -0.3 is 0 Å². The van der Waals surface area contributed by atoms with Crippen molar-refractivity contribution in [1.29, 1.82) is 0 Å². The highest BCUT2D eigenvalue weighted by Crippen LogP contribution is 2.25. The predicted octanol–water partition coefficient (Wildman–Crippen LogP) is 3.19. The van der Waals surface area contributed by atoms with Crippen LogP contribution in [0.4, 0.5) is 11.4 Å². The molecule has 0 aliphatic rings. The fourth-order valence-corrected chi connectivity index (χ4v) is 2.57. The standard InChI is InChI=1S/C18H14Cl2N6O6/c19-13-3-1-11(7-15(13)25(29)30)9-21-23-17(27)5-6-18(28)24-22-10-12-2-4-14(20)16(8-12)26(31)32/h1-4,7-10H,5-6H2,(H,23,27)(H,24,28). The number of carbonyl (C=O) groups excluding carboxylic acids is 2. The molecule has 0 spiro atoms. The van der Waals surface area contributed by atoms with Crippen LogP contribution in [0.2, 0.25) is 10.0 Å². The zero-order chi connectivity index (χ0) is 23.7.